The highest BCUT2D eigenvalue weighted by Crippen LogP contribution is 2.20. The molecule has 1 fully saturated rings. The van der Waals surface area contributed by atoms with Crippen molar-refractivity contribution in [1.82, 2.24) is 9.47 Å². The molecule has 2 rings (SSSR count). The van der Waals surface area contributed by atoms with Crippen molar-refractivity contribution in [3.63, 3.8) is 0 Å². The van der Waals surface area contributed by atoms with Gasteiger partial charge in [-0.15, -0.1) is 0 Å². The Balaban J connectivity index is 1.94. The average molecular weight is 307 g/mol. The van der Waals surface area contributed by atoms with Crippen molar-refractivity contribution in [3.8, 4) is 0 Å². The number of carbonyl (C=O) groups excluding carboxylic acids is 1. The van der Waals surface area contributed by atoms with Crippen molar-refractivity contribution in [2.45, 2.75) is 45.9 Å². The Morgan fingerprint density at radius 3 is 2.77 bits per heavy atom. The molecule has 0 bridgehead atoms. The summed E-state index contributed by atoms with van der Waals surface area (Å²) in [6, 6.07) is 3.43. The minimum absolute atomic E-state index is 0.0429. The molecule has 1 atom stereocenters. The van der Waals surface area contributed by atoms with E-state index in [0.717, 1.165) is 12.0 Å². The summed E-state index contributed by atoms with van der Waals surface area (Å²) in [5.41, 5.74) is 5.84. The number of ether oxygens (including phenoxy) is 1. The van der Waals surface area contributed by atoms with Crippen LogP contribution in [0.5, 0.6) is 0 Å². The number of amides is 1. The highest BCUT2D eigenvalue weighted by Gasteiger charge is 2.29. The smallest absolute Gasteiger partial charge is 0.410 e. The summed E-state index contributed by atoms with van der Waals surface area (Å²) in [4.78, 5) is 25.7. The van der Waals surface area contributed by atoms with Crippen LogP contribution in [0.3, 0.4) is 0 Å². The summed E-state index contributed by atoms with van der Waals surface area (Å²) in [5.74, 6) is 0.272. The second kappa shape index (κ2) is 6.52. The molecule has 1 aromatic heterocycles. The molecule has 1 aromatic rings. The van der Waals surface area contributed by atoms with Gasteiger partial charge in [0.25, 0.3) is 5.56 Å². The first-order valence-electron chi connectivity index (χ1n) is 7.66. The third-order valence-corrected chi connectivity index (χ3v) is 3.69. The Morgan fingerprint density at radius 2 is 2.18 bits per heavy atom. The molecule has 0 saturated carbocycles. The van der Waals surface area contributed by atoms with Crippen molar-refractivity contribution < 1.29 is 9.53 Å². The molecule has 22 heavy (non-hydrogen) atoms. The summed E-state index contributed by atoms with van der Waals surface area (Å²) < 4.78 is 7.06. The number of likely N-dealkylation sites (tertiary alicyclic amines) is 1. The second-order valence-electron chi connectivity index (χ2n) is 6.81. The molecule has 0 aliphatic carbocycles. The van der Waals surface area contributed by atoms with E-state index in [1.807, 2.05) is 26.8 Å². The summed E-state index contributed by atoms with van der Waals surface area (Å²) >= 11 is 0. The SMILES string of the molecule is CC(C)(C)OC(=O)N1CCC(Cn2ccc(CN)cc2=O)C1. The minimum Gasteiger partial charge on any atom is -0.444 e. The number of aromatic nitrogens is 1. The zero-order chi connectivity index (χ0) is 16.3. The number of rotatable bonds is 3. The van der Waals surface area contributed by atoms with Crippen molar-refractivity contribution in [1.29, 1.82) is 0 Å². The molecule has 2 heterocycles. The van der Waals surface area contributed by atoms with Gasteiger partial charge in [-0.1, -0.05) is 0 Å². The van der Waals surface area contributed by atoms with Gasteiger partial charge in [0.05, 0.1) is 0 Å². The molecule has 6 nitrogen and oxygen atoms in total. The zero-order valence-corrected chi connectivity index (χ0v) is 13.5. The number of hydrogen-bond donors (Lipinski definition) is 1. The number of nitrogens with two attached hydrogens (primary N) is 1. The highest BCUT2D eigenvalue weighted by atomic mass is 16.6. The molecular formula is C16H25N3O3. The lowest BCUT2D eigenvalue weighted by atomic mass is 10.1. The van der Waals surface area contributed by atoms with Crippen LogP contribution in [0.2, 0.25) is 0 Å². The van der Waals surface area contributed by atoms with E-state index in [1.54, 1.807) is 21.7 Å². The summed E-state index contributed by atoms with van der Waals surface area (Å²) in [6.45, 7) is 7.86. The van der Waals surface area contributed by atoms with Crippen LogP contribution >= 0.6 is 0 Å². The van der Waals surface area contributed by atoms with Crippen LogP contribution < -0.4 is 11.3 Å². The second-order valence-corrected chi connectivity index (χ2v) is 6.81. The third kappa shape index (κ3) is 4.34. The van der Waals surface area contributed by atoms with E-state index in [2.05, 4.69) is 0 Å². The fourth-order valence-electron chi connectivity index (χ4n) is 2.58. The van der Waals surface area contributed by atoms with Crippen LogP contribution in [0, 0.1) is 5.92 Å². The van der Waals surface area contributed by atoms with Gasteiger partial charge in [-0.3, -0.25) is 4.79 Å². The lowest BCUT2D eigenvalue weighted by molar-refractivity contribution is 0.0287. The minimum atomic E-state index is -0.482. The van der Waals surface area contributed by atoms with Crippen LogP contribution in [0.4, 0.5) is 4.79 Å². The first kappa shape index (κ1) is 16.5. The summed E-state index contributed by atoms with van der Waals surface area (Å²) in [7, 11) is 0. The number of carbonyl (C=O) groups is 1. The largest absolute Gasteiger partial charge is 0.444 e. The number of pyridine rings is 1. The van der Waals surface area contributed by atoms with Crippen LogP contribution in [0.25, 0.3) is 0 Å². The van der Waals surface area contributed by atoms with Crippen molar-refractivity contribution >= 4 is 6.09 Å². The van der Waals surface area contributed by atoms with E-state index in [0.29, 0.717) is 26.2 Å². The lowest BCUT2D eigenvalue weighted by Crippen LogP contribution is -2.35. The summed E-state index contributed by atoms with van der Waals surface area (Å²) in [6.07, 6.45) is 2.38. The van der Waals surface area contributed by atoms with Gasteiger partial charge in [-0.2, -0.15) is 0 Å². The lowest BCUT2D eigenvalue weighted by Gasteiger charge is -2.24. The van der Waals surface area contributed by atoms with Gasteiger partial charge in [0.2, 0.25) is 0 Å². The normalized spacial score (nSPS) is 18.5. The van der Waals surface area contributed by atoms with Gasteiger partial charge in [-0.05, 0) is 44.7 Å². The van der Waals surface area contributed by atoms with Crippen LogP contribution in [-0.4, -0.2) is 34.3 Å². The molecular weight excluding hydrogens is 282 g/mol. The quantitative estimate of drug-likeness (QED) is 0.919. The molecule has 6 heteroatoms. The van der Waals surface area contributed by atoms with E-state index in [1.165, 1.54) is 0 Å². The Kier molecular flexibility index (Phi) is 4.90. The Morgan fingerprint density at radius 1 is 1.45 bits per heavy atom. The van der Waals surface area contributed by atoms with Crippen LogP contribution in [0.15, 0.2) is 23.1 Å². The predicted molar refractivity (Wildman–Crippen MR) is 84.5 cm³/mol. The fraction of sp³-hybridized carbons (Fsp3) is 0.625. The van der Waals surface area contributed by atoms with Gasteiger partial charge in [-0.25, -0.2) is 4.79 Å². The van der Waals surface area contributed by atoms with Gasteiger partial charge < -0.3 is 19.9 Å². The molecule has 1 aliphatic rings. The topological polar surface area (TPSA) is 77.6 Å². The fourth-order valence-corrected chi connectivity index (χ4v) is 2.58. The van der Waals surface area contributed by atoms with Gasteiger partial charge in [0, 0.05) is 38.4 Å². The van der Waals surface area contributed by atoms with Gasteiger partial charge >= 0.3 is 6.09 Å². The van der Waals surface area contributed by atoms with Crippen LogP contribution in [-0.2, 0) is 17.8 Å². The molecule has 1 saturated heterocycles. The maximum Gasteiger partial charge on any atom is 0.410 e. The van der Waals surface area contributed by atoms with Crippen molar-refractivity contribution in [2.24, 2.45) is 11.7 Å². The maximum atomic E-state index is 12.0. The average Bonchev–Trinajstić information content (AvgIpc) is 2.88. The zero-order valence-electron chi connectivity index (χ0n) is 13.5. The standard InChI is InChI=1S/C16H25N3O3/c1-16(2,3)22-15(21)19-7-5-13(11-19)10-18-6-4-12(9-17)8-14(18)20/h4,6,8,13H,5,7,9-11,17H2,1-3H3. The Bertz CT molecular complexity index is 589. The predicted octanol–water partition coefficient (Wildman–Crippen LogP) is 1.56. The van der Waals surface area contributed by atoms with Gasteiger partial charge in [0.15, 0.2) is 0 Å². The molecule has 1 unspecified atom stereocenters. The molecule has 0 aromatic carbocycles. The van der Waals surface area contributed by atoms with E-state index >= 15 is 0 Å². The van der Waals surface area contributed by atoms with E-state index in [-0.39, 0.29) is 17.6 Å². The third-order valence-electron chi connectivity index (χ3n) is 3.69. The highest BCUT2D eigenvalue weighted by molar-refractivity contribution is 5.68. The maximum absolute atomic E-state index is 12.0. The molecule has 2 N–H and O–H groups in total. The molecule has 0 radical (unpaired) electrons. The Hall–Kier alpha value is -1.82. The van der Waals surface area contributed by atoms with E-state index in [9.17, 15) is 9.59 Å². The van der Waals surface area contributed by atoms with Crippen LogP contribution in [0.1, 0.15) is 32.8 Å². The summed E-state index contributed by atoms with van der Waals surface area (Å²) in [5, 5.41) is 0. The number of nitrogens with zero attached hydrogens (tertiary/aromatic N) is 2. The molecule has 1 amide bonds. The van der Waals surface area contributed by atoms with Crippen molar-refractivity contribution in [2.75, 3.05) is 13.1 Å². The molecule has 122 valence electrons. The first-order chi connectivity index (χ1) is 10.3. The molecule has 1 aliphatic heterocycles. The first-order valence-corrected chi connectivity index (χ1v) is 7.66. The van der Waals surface area contributed by atoms with Gasteiger partial charge in [0.1, 0.15) is 5.60 Å². The Labute approximate surface area is 130 Å². The molecule has 0 spiro atoms. The monoisotopic (exact) mass is 307 g/mol. The number of hydrogen-bond acceptors (Lipinski definition) is 4. The van der Waals surface area contributed by atoms with E-state index < -0.39 is 5.60 Å². The van der Waals surface area contributed by atoms with E-state index in [4.69, 9.17) is 10.5 Å². The van der Waals surface area contributed by atoms with Crippen molar-refractivity contribution in [3.05, 3.63) is 34.2 Å².